The van der Waals surface area contributed by atoms with Gasteiger partial charge in [-0.2, -0.15) is 4.98 Å². The molecule has 2 aromatic heterocycles. The Morgan fingerprint density at radius 1 is 1.21 bits per heavy atom. The largest absolute Gasteiger partial charge is 0.379 e. The number of carbonyl (C=O) groups is 1. The van der Waals surface area contributed by atoms with E-state index >= 15 is 0 Å². The molecule has 2 aliphatic rings. The molecule has 1 aliphatic heterocycles. The maximum Gasteiger partial charge on any atom is 0.229 e. The van der Waals surface area contributed by atoms with Gasteiger partial charge in [-0.25, -0.2) is 4.98 Å². The van der Waals surface area contributed by atoms with E-state index in [2.05, 4.69) is 30.5 Å². The minimum absolute atomic E-state index is 0.269. The molecule has 2 fully saturated rings. The molecular formula is C20H27N7O2. The summed E-state index contributed by atoms with van der Waals surface area (Å²) in [6.45, 7) is 4.73. The maximum absolute atomic E-state index is 11.0. The van der Waals surface area contributed by atoms with Crippen molar-refractivity contribution < 1.29 is 9.53 Å². The normalized spacial score (nSPS) is 17.1. The molecule has 0 radical (unpaired) electrons. The molecule has 1 aliphatic carbocycles. The van der Waals surface area contributed by atoms with Crippen molar-refractivity contribution in [1.29, 1.82) is 0 Å². The van der Waals surface area contributed by atoms with Gasteiger partial charge < -0.3 is 21.1 Å². The van der Waals surface area contributed by atoms with Gasteiger partial charge in [0.15, 0.2) is 0 Å². The Hall–Kier alpha value is -2.78. The van der Waals surface area contributed by atoms with Crippen LogP contribution in [0.3, 0.4) is 0 Å². The highest BCUT2D eigenvalue weighted by molar-refractivity contribution is 5.74. The van der Waals surface area contributed by atoms with Crippen LogP contribution in [0.1, 0.15) is 36.4 Å². The molecule has 3 heterocycles. The molecular weight excluding hydrogens is 370 g/mol. The molecule has 0 aromatic carbocycles. The van der Waals surface area contributed by atoms with Gasteiger partial charge in [0, 0.05) is 44.4 Å². The Balaban J connectivity index is 1.39. The van der Waals surface area contributed by atoms with E-state index in [-0.39, 0.29) is 12.3 Å². The second-order valence-electron chi connectivity index (χ2n) is 7.47. The van der Waals surface area contributed by atoms with Crippen LogP contribution in [0.15, 0.2) is 24.5 Å². The summed E-state index contributed by atoms with van der Waals surface area (Å²) in [4.78, 5) is 26.9. The van der Waals surface area contributed by atoms with Gasteiger partial charge in [0.25, 0.3) is 0 Å². The van der Waals surface area contributed by atoms with Gasteiger partial charge in [0.05, 0.1) is 30.8 Å². The second-order valence-corrected chi connectivity index (χ2v) is 7.47. The van der Waals surface area contributed by atoms with Gasteiger partial charge >= 0.3 is 0 Å². The van der Waals surface area contributed by atoms with Gasteiger partial charge in [0.2, 0.25) is 11.9 Å². The first-order valence-electron chi connectivity index (χ1n) is 10.1. The lowest BCUT2D eigenvalue weighted by atomic mass is 10.2. The first-order valence-corrected chi connectivity index (χ1v) is 10.1. The lowest BCUT2D eigenvalue weighted by Gasteiger charge is -2.26. The molecule has 1 saturated carbocycles. The smallest absolute Gasteiger partial charge is 0.229 e. The summed E-state index contributed by atoms with van der Waals surface area (Å²) in [5, 5.41) is 6.43. The lowest BCUT2D eigenvalue weighted by Crippen LogP contribution is -2.35. The van der Waals surface area contributed by atoms with Crippen molar-refractivity contribution in [2.45, 2.75) is 31.7 Å². The zero-order valence-electron chi connectivity index (χ0n) is 16.4. The summed E-state index contributed by atoms with van der Waals surface area (Å²) in [5.74, 6) is 1.43. The fraction of sp³-hybridized carbons (Fsp3) is 0.500. The first kappa shape index (κ1) is 19.5. The van der Waals surface area contributed by atoms with Crippen molar-refractivity contribution in [2.75, 3.05) is 43.5 Å². The van der Waals surface area contributed by atoms with Crippen LogP contribution in [0.2, 0.25) is 0 Å². The van der Waals surface area contributed by atoms with Gasteiger partial charge in [-0.3, -0.25) is 14.7 Å². The number of primary amides is 1. The molecule has 0 unspecified atom stereocenters. The Bertz CT molecular complexity index is 833. The molecule has 0 spiro atoms. The fourth-order valence-corrected chi connectivity index (χ4v) is 3.30. The monoisotopic (exact) mass is 397 g/mol. The van der Waals surface area contributed by atoms with E-state index in [4.69, 9.17) is 10.5 Å². The SMILES string of the molecule is NC(=O)CCNc1nc(Nc2ccc(CN3CCOCC3)nc2)ncc1C1CC1. The van der Waals surface area contributed by atoms with Crippen LogP contribution in [-0.2, 0) is 16.1 Å². The predicted molar refractivity (Wildman–Crippen MR) is 110 cm³/mol. The van der Waals surface area contributed by atoms with Crippen LogP contribution in [0.25, 0.3) is 0 Å². The summed E-state index contributed by atoms with van der Waals surface area (Å²) < 4.78 is 5.38. The topological polar surface area (TPSA) is 118 Å². The van der Waals surface area contributed by atoms with Gasteiger partial charge in [-0.05, 0) is 30.9 Å². The van der Waals surface area contributed by atoms with Crippen molar-refractivity contribution in [3.8, 4) is 0 Å². The maximum atomic E-state index is 11.0. The highest BCUT2D eigenvalue weighted by atomic mass is 16.5. The number of nitrogens with one attached hydrogen (secondary N) is 2. The number of pyridine rings is 1. The number of nitrogens with two attached hydrogens (primary N) is 1. The van der Waals surface area contributed by atoms with Gasteiger partial charge in [-0.1, -0.05) is 0 Å². The molecule has 1 saturated heterocycles. The number of nitrogens with zero attached hydrogens (tertiary/aromatic N) is 4. The van der Waals surface area contributed by atoms with E-state index < -0.39 is 0 Å². The third-order valence-electron chi connectivity index (χ3n) is 5.07. The van der Waals surface area contributed by atoms with Crippen LogP contribution in [0, 0.1) is 0 Å². The summed E-state index contributed by atoms with van der Waals surface area (Å²) >= 11 is 0. The molecule has 1 amide bonds. The van der Waals surface area contributed by atoms with Crippen molar-refractivity contribution in [3.05, 3.63) is 35.8 Å². The average Bonchev–Trinajstić information content (AvgIpc) is 3.55. The van der Waals surface area contributed by atoms with E-state index in [0.717, 1.165) is 68.5 Å². The van der Waals surface area contributed by atoms with Crippen molar-refractivity contribution in [2.24, 2.45) is 5.73 Å². The van der Waals surface area contributed by atoms with Crippen LogP contribution >= 0.6 is 0 Å². The van der Waals surface area contributed by atoms with Crippen LogP contribution in [-0.4, -0.2) is 58.6 Å². The minimum atomic E-state index is -0.332. The summed E-state index contributed by atoms with van der Waals surface area (Å²) in [7, 11) is 0. The molecule has 0 atom stereocenters. The number of hydrogen-bond acceptors (Lipinski definition) is 8. The van der Waals surface area contributed by atoms with Crippen LogP contribution in [0.5, 0.6) is 0 Å². The van der Waals surface area contributed by atoms with Crippen LogP contribution < -0.4 is 16.4 Å². The zero-order valence-corrected chi connectivity index (χ0v) is 16.4. The number of amides is 1. The number of hydrogen-bond donors (Lipinski definition) is 3. The van der Waals surface area contributed by atoms with Gasteiger partial charge in [0.1, 0.15) is 5.82 Å². The Morgan fingerprint density at radius 2 is 2.03 bits per heavy atom. The zero-order chi connectivity index (χ0) is 20.1. The van der Waals surface area contributed by atoms with Crippen molar-refractivity contribution in [1.82, 2.24) is 19.9 Å². The van der Waals surface area contributed by atoms with E-state index in [9.17, 15) is 4.79 Å². The van der Waals surface area contributed by atoms with E-state index in [1.807, 2.05) is 18.3 Å². The van der Waals surface area contributed by atoms with E-state index in [1.165, 1.54) is 0 Å². The lowest BCUT2D eigenvalue weighted by molar-refractivity contribution is -0.117. The third kappa shape index (κ3) is 5.61. The van der Waals surface area contributed by atoms with E-state index in [1.54, 1.807) is 6.20 Å². The quantitative estimate of drug-likeness (QED) is 0.584. The molecule has 4 rings (SSSR count). The molecule has 9 nitrogen and oxygen atoms in total. The molecule has 154 valence electrons. The van der Waals surface area contributed by atoms with E-state index in [0.29, 0.717) is 18.4 Å². The minimum Gasteiger partial charge on any atom is -0.379 e. The first-order chi connectivity index (χ1) is 14.2. The standard InChI is InChI=1S/C20H27N7O2/c21-18(28)5-6-22-19-17(14-1-2-14)12-24-20(26-19)25-15-3-4-16(23-11-15)13-27-7-9-29-10-8-27/h3-4,11-12,14H,1-2,5-10,13H2,(H2,21,28)(H2,22,24,25,26). The highest BCUT2D eigenvalue weighted by Gasteiger charge is 2.27. The molecule has 9 heteroatoms. The number of anilines is 3. The average molecular weight is 397 g/mol. The Morgan fingerprint density at radius 3 is 2.72 bits per heavy atom. The number of aromatic nitrogens is 3. The highest BCUT2D eigenvalue weighted by Crippen LogP contribution is 2.42. The van der Waals surface area contributed by atoms with Crippen LogP contribution in [0.4, 0.5) is 17.5 Å². The number of ether oxygens (including phenoxy) is 1. The summed E-state index contributed by atoms with van der Waals surface area (Å²) in [6, 6.07) is 4.00. The number of carbonyl (C=O) groups excluding carboxylic acids is 1. The number of morpholine rings is 1. The summed E-state index contributed by atoms with van der Waals surface area (Å²) in [6.07, 6.45) is 6.23. The number of rotatable bonds is 9. The Labute approximate surface area is 170 Å². The fourth-order valence-electron chi connectivity index (χ4n) is 3.30. The second kappa shape index (κ2) is 9.15. The molecule has 29 heavy (non-hydrogen) atoms. The predicted octanol–water partition coefficient (Wildman–Crippen LogP) is 1.61. The third-order valence-corrected chi connectivity index (χ3v) is 5.07. The van der Waals surface area contributed by atoms with Crippen molar-refractivity contribution in [3.63, 3.8) is 0 Å². The summed E-state index contributed by atoms with van der Waals surface area (Å²) in [5.41, 5.74) is 8.18. The molecule has 4 N–H and O–H groups in total. The Kier molecular flexibility index (Phi) is 6.16. The van der Waals surface area contributed by atoms with Crippen molar-refractivity contribution >= 4 is 23.4 Å². The van der Waals surface area contributed by atoms with Gasteiger partial charge in [-0.15, -0.1) is 0 Å². The molecule has 2 aromatic rings. The molecule has 0 bridgehead atoms.